The van der Waals surface area contributed by atoms with Crippen LogP contribution in [0.1, 0.15) is 51.5 Å². The molecule has 2 rings (SSSR count). The van der Waals surface area contributed by atoms with Crippen molar-refractivity contribution in [3.63, 3.8) is 0 Å². The minimum atomic E-state index is -0.170. The van der Waals surface area contributed by atoms with E-state index in [1.54, 1.807) is 11.3 Å². The van der Waals surface area contributed by atoms with E-state index in [0.717, 1.165) is 22.7 Å². The van der Waals surface area contributed by atoms with Crippen LogP contribution in [-0.4, -0.2) is 29.6 Å². The maximum atomic E-state index is 12.8. The standard InChI is InChI=1S/C17H22N2O2S/c1-10-15(13(4)20)11(2)18-16(10)17(21)12(3)19(5)8-14-6-7-22-9-14/h6-7,9,12,18H,8H2,1-5H3/p+1/t12-/m0/s1. The fraction of sp³-hybridized carbons (Fsp3) is 0.412. The van der Waals surface area contributed by atoms with Gasteiger partial charge in [-0.1, -0.05) is 0 Å². The van der Waals surface area contributed by atoms with Gasteiger partial charge in [0.15, 0.2) is 11.8 Å². The van der Waals surface area contributed by atoms with Gasteiger partial charge in [-0.2, -0.15) is 11.3 Å². The lowest BCUT2D eigenvalue weighted by Crippen LogP contribution is -3.12. The lowest BCUT2D eigenvalue weighted by molar-refractivity contribution is -0.907. The molecule has 0 saturated heterocycles. The third kappa shape index (κ3) is 3.20. The maximum absolute atomic E-state index is 12.8. The Bertz CT molecular complexity index is 686. The molecular formula is C17H23N2O2S+. The van der Waals surface area contributed by atoms with Crippen molar-refractivity contribution < 1.29 is 14.5 Å². The lowest BCUT2D eigenvalue weighted by Gasteiger charge is -2.20. The third-order valence-corrected chi connectivity index (χ3v) is 4.96. The quantitative estimate of drug-likeness (QED) is 0.802. The van der Waals surface area contributed by atoms with Crippen LogP contribution in [0.15, 0.2) is 16.8 Å². The number of hydrogen-bond acceptors (Lipinski definition) is 3. The highest BCUT2D eigenvalue weighted by Gasteiger charge is 2.28. The monoisotopic (exact) mass is 319 g/mol. The van der Waals surface area contributed by atoms with Crippen molar-refractivity contribution in [1.29, 1.82) is 0 Å². The zero-order chi connectivity index (χ0) is 16.4. The van der Waals surface area contributed by atoms with Crippen LogP contribution in [0.25, 0.3) is 0 Å². The Morgan fingerprint density at radius 1 is 1.36 bits per heavy atom. The molecule has 2 atom stereocenters. The molecule has 0 fully saturated rings. The minimum absolute atomic E-state index is 0.00284. The molecule has 0 aliphatic carbocycles. The average molecular weight is 319 g/mol. The molecule has 4 nitrogen and oxygen atoms in total. The lowest BCUT2D eigenvalue weighted by atomic mass is 10.0. The van der Waals surface area contributed by atoms with Crippen LogP contribution in [0.2, 0.25) is 0 Å². The largest absolute Gasteiger partial charge is 0.355 e. The van der Waals surface area contributed by atoms with Crippen LogP contribution in [0.5, 0.6) is 0 Å². The molecule has 2 heterocycles. The van der Waals surface area contributed by atoms with Gasteiger partial charge in [0, 0.05) is 16.8 Å². The molecule has 0 aliphatic rings. The molecule has 2 aromatic rings. The van der Waals surface area contributed by atoms with Crippen molar-refractivity contribution >= 4 is 22.9 Å². The second-order valence-corrected chi connectivity index (χ2v) is 6.70. The Labute approximate surface area is 135 Å². The highest BCUT2D eigenvalue weighted by Crippen LogP contribution is 2.19. The Morgan fingerprint density at radius 2 is 2.05 bits per heavy atom. The van der Waals surface area contributed by atoms with E-state index in [-0.39, 0.29) is 17.6 Å². The second kappa shape index (κ2) is 6.58. The van der Waals surface area contributed by atoms with E-state index in [2.05, 4.69) is 16.4 Å². The molecule has 22 heavy (non-hydrogen) atoms. The fourth-order valence-corrected chi connectivity index (χ4v) is 3.50. The van der Waals surface area contributed by atoms with Crippen molar-refractivity contribution in [1.82, 2.24) is 4.98 Å². The summed E-state index contributed by atoms with van der Waals surface area (Å²) in [6, 6.07) is 1.92. The highest BCUT2D eigenvalue weighted by molar-refractivity contribution is 7.07. The number of thiophene rings is 1. The zero-order valence-corrected chi connectivity index (χ0v) is 14.6. The van der Waals surface area contributed by atoms with Crippen LogP contribution in [0.4, 0.5) is 0 Å². The molecule has 2 aromatic heterocycles. The van der Waals surface area contributed by atoms with Gasteiger partial charge in [-0.3, -0.25) is 9.59 Å². The van der Waals surface area contributed by atoms with E-state index < -0.39 is 0 Å². The van der Waals surface area contributed by atoms with Gasteiger partial charge < -0.3 is 9.88 Å². The number of aryl methyl sites for hydroxylation is 1. The second-order valence-electron chi connectivity index (χ2n) is 5.92. The van der Waals surface area contributed by atoms with Crippen molar-refractivity contribution in [2.45, 2.75) is 40.3 Å². The number of hydrogen-bond donors (Lipinski definition) is 2. The predicted octanol–water partition coefficient (Wildman–Crippen LogP) is 2.18. The summed E-state index contributed by atoms with van der Waals surface area (Å²) in [7, 11) is 2.03. The van der Waals surface area contributed by atoms with Gasteiger partial charge in [-0.15, -0.1) is 0 Å². The maximum Gasteiger partial charge on any atom is 0.235 e. The predicted molar refractivity (Wildman–Crippen MR) is 89.0 cm³/mol. The summed E-state index contributed by atoms with van der Waals surface area (Å²) in [5.41, 5.74) is 4.00. The number of carbonyl (C=O) groups is 2. The van der Waals surface area contributed by atoms with Gasteiger partial charge in [0.05, 0.1) is 12.7 Å². The van der Waals surface area contributed by atoms with Crippen molar-refractivity contribution in [2.75, 3.05) is 7.05 Å². The normalized spacial score (nSPS) is 13.9. The summed E-state index contributed by atoms with van der Waals surface area (Å²) in [4.78, 5) is 28.7. The van der Waals surface area contributed by atoms with Gasteiger partial charge in [-0.05, 0) is 50.1 Å². The molecule has 118 valence electrons. The van der Waals surface area contributed by atoms with Crippen LogP contribution in [-0.2, 0) is 6.54 Å². The number of carbonyl (C=O) groups excluding carboxylic acids is 2. The fourth-order valence-electron chi connectivity index (χ4n) is 2.83. The minimum Gasteiger partial charge on any atom is -0.355 e. The first-order chi connectivity index (χ1) is 10.3. The topological polar surface area (TPSA) is 54.4 Å². The molecule has 0 aliphatic heterocycles. The zero-order valence-electron chi connectivity index (χ0n) is 13.7. The summed E-state index contributed by atoms with van der Waals surface area (Å²) in [5.74, 6) is 0.0535. The third-order valence-electron chi connectivity index (χ3n) is 4.23. The molecule has 0 amide bonds. The van der Waals surface area contributed by atoms with Gasteiger partial charge in [0.1, 0.15) is 6.54 Å². The summed E-state index contributed by atoms with van der Waals surface area (Å²) in [5, 5.41) is 4.16. The number of nitrogens with one attached hydrogen (secondary N) is 2. The van der Waals surface area contributed by atoms with E-state index in [9.17, 15) is 9.59 Å². The van der Waals surface area contributed by atoms with Crippen LogP contribution in [0, 0.1) is 13.8 Å². The van der Waals surface area contributed by atoms with Crippen LogP contribution in [0.3, 0.4) is 0 Å². The Morgan fingerprint density at radius 3 is 2.55 bits per heavy atom. The number of aromatic nitrogens is 1. The van der Waals surface area contributed by atoms with E-state index in [1.165, 1.54) is 12.5 Å². The van der Waals surface area contributed by atoms with E-state index in [0.29, 0.717) is 11.3 Å². The Balaban J connectivity index is 2.20. The Hall–Kier alpha value is -1.72. The number of Topliss-reactive ketones (excluding diaryl/α,β-unsaturated/α-hetero) is 2. The van der Waals surface area contributed by atoms with Crippen LogP contribution >= 0.6 is 11.3 Å². The van der Waals surface area contributed by atoms with Gasteiger partial charge in [0.2, 0.25) is 5.78 Å². The molecule has 2 N–H and O–H groups in total. The van der Waals surface area contributed by atoms with Crippen molar-refractivity contribution in [3.05, 3.63) is 44.9 Å². The smallest absolute Gasteiger partial charge is 0.235 e. The van der Waals surface area contributed by atoms with Gasteiger partial charge in [0.25, 0.3) is 0 Å². The summed E-state index contributed by atoms with van der Waals surface area (Å²) < 4.78 is 0. The number of quaternary nitrogens is 1. The number of aromatic amines is 1. The molecule has 0 saturated carbocycles. The van der Waals surface area contributed by atoms with Gasteiger partial charge in [-0.25, -0.2) is 0 Å². The SMILES string of the molecule is CC(=O)c1c(C)[nH]c(C(=O)[C@H](C)[NH+](C)Cc2ccsc2)c1C. The number of rotatable bonds is 6. The molecule has 1 unspecified atom stereocenters. The van der Waals surface area contributed by atoms with Crippen molar-refractivity contribution in [3.8, 4) is 0 Å². The van der Waals surface area contributed by atoms with Crippen LogP contribution < -0.4 is 4.90 Å². The first-order valence-corrected chi connectivity index (χ1v) is 8.34. The molecule has 0 radical (unpaired) electrons. The van der Waals surface area contributed by atoms with E-state index in [4.69, 9.17) is 0 Å². The van der Waals surface area contributed by atoms with Crippen molar-refractivity contribution in [2.24, 2.45) is 0 Å². The van der Waals surface area contributed by atoms with Gasteiger partial charge >= 0.3 is 0 Å². The summed E-state index contributed by atoms with van der Waals surface area (Å²) in [6.45, 7) is 7.97. The number of ketones is 2. The van der Waals surface area contributed by atoms with E-state index >= 15 is 0 Å². The highest BCUT2D eigenvalue weighted by atomic mass is 32.1. The first-order valence-electron chi connectivity index (χ1n) is 7.40. The Kier molecular flexibility index (Phi) is 4.98. The molecule has 5 heteroatoms. The molecule has 0 spiro atoms. The molecular weight excluding hydrogens is 296 g/mol. The number of H-pyrrole nitrogens is 1. The van der Waals surface area contributed by atoms with E-state index in [1.807, 2.05) is 33.2 Å². The summed E-state index contributed by atoms with van der Waals surface area (Å²) in [6.07, 6.45) is 0. The molecule has 0 bridgehead atoms. The summed E-state index contributed by atoms with van der Waals surface area (Å²) >= 11 is 1.67. The average Bonchev–Trinajstić information content (AvgIpc) is 3.05. The number of likely N-dealkylation sites (N-methyl/N-ethyl adjacent to an activating group) is 1. The first kappa shape index (κ1) is 16.6. The molecule has 0 aromatic carbocycles.